The van der Waals surface area contributed by atoms with Crippen LogP contribution in [-0.2, 0) is 6.54 Å². The molecular formula is C15H15BrFNO. The number of aliphatic hydroxyl groups is 1. The Morgan fingerprint density at radius 1 is 1.16 bits per heavy atom. The van der Waals surface area contributed by atoms with Crippen molar-refractivity contribution in [1.29, 1.82) is 0 Å². The van der Waals surface area contributed by atoms with Gasteiger partial charge in [-0.2, -0.15) is 0 Å². The van der Waals surface area contributed by atoms with Gasteiger partial charge in [0, 0.05) is 13.1 Å². The number of benzene rings is 2. The lowest BCUT2D eigenvalue weighted by Crippen LogP contribution is -2.21. The first-order chi connectivity index (χ1) is 9.16. The van der Waals surface area contributed by atoms with Crippen molar-refractivity contribution < 1.29 is 9.50 Å². The summed E-state index contributed by atoms with van der Waals surface area (Å²) in [7, 11) is 0. The average molecular weight is 324 g/mol. The molecule has 1 unspecified atom stereocenters. The lowest BCUT2D eigenvalue weighted by Gasteiger charge is -2.12. The van der Waals surface area contributed by atoms with Crippen LogP contribution in [0.25, 0.3) is 0 Å². The summed E-state index contributed by atoms with van der Waals surface area (Å²) in [6.45, 7) is 0.954. The quantitative estimate of drug-likeness (QED) is 0.883. The van der Waals surface area contributed by atoms with Gasteiger partial charge in [0.2, 0.25) is 0 Å². The molecule has 2 rings (SSSR count). The molecule has 1 atom stereocenters. The summed E-state index contributed by atoms with van der Waals surface area (Å²) in [6.07, 6.45) is -0.554. The van der Waals surface area contributed by atoms with Gasteiger partial charge in [0.05, 0.1) is 10.6 Å². The van der Waals surface area contributed by atoms with E-state index in [1.165, 1.54) is 6.07 Å². The molecule has 0 aliphatic carbocycles. The van der Waals surface area contributed by atoms with Crippen LogP contribution in [-0.4, -0.2) is 11.7 Å². The van der Waals surface area contributed by atoms with E-state index in [4.69, 9.17) is 0 Å². The first kappa shape index (κ1) is 14.2. The molecule has 0 radical (unpaired) electrons. The van der Waals surface area contributed by atoms with Gasteiger partial charge in [-0.3, -0.25) is 0 Å². The predicted molar refractivity (Wildman–Crippen MR) is 77.2 cm³/mol. The van der Waals surface area contributed by atoms with Gasteiger partial charge in [-0.15, -0.1) is 0 Å². The van der Waals surface area contributed by atoms with E-state index in [1.54, 1.807) is 6.07 Å². The summed E-state index contributed by atoms with van der Waals surface area (Å²) in [4.78, 5) is 0. The summed E-state index contributed by atoms with van der Waals surface area (Å²) >= 11 is 3.12. The normalized spacial score (nSPS) is 12.4. The summed E-state index contributed by atoms with van der Waals surface area (Å²) in [5, 5.41) is 13.1. The molecule has 0 saturated heterocycles. The molecule has 19 heavy (non-hydrogen) atoms. The maximum Gasteiger partial charge on any atom is 0.137 e. The second kappa shape index (κ2) is 6.80. The van der Waals surface area contributed by atoms with E-state index in [0.29, 0.717) is 17.6 Å². The predicted octanol–water partition coefficient (Wildman–Crippen LogP) is 3.41. The van der Waals surface area contributed by atoms with Crippen molar-refractivity contribution in [1.82, 2.24) is 5.32 Å². The third-order valence-electron chi connectivity index (χ3n) is 2.84. The van der Waals surface area contributed by atoms with Crippen LogP contribution in [0.5, 0.6) is 0 Å². The minimum atomic E-state index is -0.554. The smallest absolute Gasteiger partial charge is 0.137 e. The Kier molecular flexibility index (Phi) is 5.07. The molecule has 100 valence electrons. The van der Waals surface area contributed by atoms with Gasteiger partial charge in [-0.25, -0.2) is 4.39 Å². The van der Waals surface area contributed by atoms with Crippen LogP contribution >= 0.6 is 15.9 Å². The van der Waals surface area contributed by atoms with Crippen molar-refractivity contribution in [2.45, 2.75) is 12.6 Å². The maximum absolute atomic E-state index is 13.3. The number of nitrogens with one attached hydrogen (secondary N) is 1. The highest BCUT2D eigenvalue weighted by Crippen LogP contribution is 2.16. The zero-order valence-electron chi connectivity index (χ0n) is 10.3. The zero-order valence-corrected chi connectivity index (χ0v) is 11.9. The molecule has 0 amide bonds. The lowest BCUT2D eigenvalue weighted by molar-refractivity contribution is 0.174. The van der Waals surface area contributed by atoms with Crippen LogP contribution in [0.2, 0.25) is 0 Å². The van der Waals surface area contributed by atoms with Crippen molar-refractivity contribution >= 4 is 15.9 Å². The van der Waals surface area contributed by atoms with E-state index < -0.39 is 6.10 Å². The van der Waals surface area contributed by atoms with Gasteiger partial charge < -0.3 is 10.4 Å². The number of rotatable bonds is 5. The molecular weight excluding hydrogens is 309 g/mol. The van der Waals surface area contributed by atoms with Gasteiger partial charge in [0.1, 0.15) is 5.82 Å². The van der Waals surface area contributed by atoms with Crippen LogP contribution in [0.4, 0.5) is 4.39 Å². The fourth-order valence-corrected chi connectivity index (χ4v) is 2.04. The summed E-state index contributed by atoms with van der Waals surface area (Å²) in [6, 6.07) is 14.5. The number of aliphatic hydroxyl groups excluding tert-OH is 1. The van der Waals surface area contributed by atoms with Gasteiger partial charge in [-0.1, -0.05) is 36.4 Å². The molecule has 0 bridgehead atoms. The van der Waals surface area contributed by atoms with Crippen LogP contribution in [0.3, 0.4) is 0 Å². The van der Waals surface area contributed by atoms with E-state index in [-0.39, 0.29) is 5.82 Å². The molecule has 2 aromatic carbocycles. The molecule has 2 aromatic rings. The SMILES string of the molecule is OC(CNCc1ccc(Br)c(F)c1)c1ccccc1. The van der Waals surface area contributed by atoms with Crippen LogP contribution in [0.1, 0.15) is 17.2 Å². The molecule has 0 aliphatic heterocycles. The lowest BCUT2D eigenvalue weighted by atomic mass is 10.1. The Labute approximate surface area is 120 Å². The number of halogens is 2. The Bertz CT molecular complexity index is 533. The Morgan fingerprint density at radius 3 is 2.58 bits per heavy atom. The Hall–Kier alpha value is -1.23. The van der Waals surface area contributed by atoms with Crippen molar-refractivity contribution in [3.05, 3.63) is 69.9 Å². The van der Waals surface area contributed by atoms with E-state index >= 15 is 0 Å². The first-order valence-electron chi connectivity index (χ1n) is 6.04. The van der Waals surface area contributed by atoms with E-state index in [2.05, 4.69) is 21.2 Å². The van der Waals surface area contributed by atoms with Gasteiger partial charge in [0.25, 0.3) is 0 Å². The zero-order chi connectivity index (χ0) is 13.7. The van der Waals surface area contributed by atoms with Crippen LogP contribution < -0.4 is 5.32 Å². The highest BCUT2D eigenvalue weighted by Gasteiger charge is 2.06. The molecule has 0 aliphatic rings. The van der Waals surface area contributed by atoms with E-state index in [9.17, 15) is 9.50 Å². The highest BCUT2D eigenvalue weighted by molar-refractivity contribution is 9.10. The minimum absolute atomic E-state index is 0.275. The molecule has 0 saturated carbocycles. The average Bonchev–Trinajstić information content (AvgIpc) is 2.43. The molecule has 2 N–H and O–H groups in total. The van der Waals surface area contributed by atoms with Crippen LogP contribution in [0.15, 0.2) is 53.0 Å². The topological polar surface area (TPSA) is 32.3 Å². The second-order valence-electron chi connectivity index (χ2n) is 4.31. The fraction of sp³-hybridized carbons (Fsp3) is 0.200. The third-order valence-corrected chi connectivity index (χ3v) is 3.48. The van der Waals surface area contributed by atoms with E-state index in [0.717, 1.165) is 11.1 Å². The standard InChI is InChI=1S/C15H15BrFNO/c16-13-7-6-11(8-14(13)17)9-18-10-15(19)12-4-2-1-3-5-12/h1-8,15,18-19H,9-10H2. The van der Waals surface area contributed by atoms with Crippen LogP contribution in [0, 0.1) is 5.82 Å². The minimum Gasteiger partial charge on any atom is -0.387 e. The summed E-state index contributed by atoms with van der Waals surface area (Å²) < 4.78 is 13.8. The van der Waals surface area contributed by atoms with E-state index in [1.807, 2.05) is 36.4 Å². The Balaban J connectivity index is 1.85. The molecule has 4 heteroatoms. The van der Waals surface area contributed by atoms with Crippen molar-refractivity contribution in [2.24, 2.45) is 0 Å². The van der Waals surface area contributed by atoms with Crippen molar-refractivity contribution in [2.75, 3.05) is 6.54 Å². The third kappa shape index (κ3) is 4.13. The molecule has 0 aromatic heterocycles. The number of hydrogen-bond donors (Lipinski definition) is 2. The molecule has 2 nitrogen and oxygen atoms in total. The maximum atomic E-state index is 13.3. The van der Waals surface area contributed by atoms with Gasteiger partial charge in [0.15, 0.2) is 0 Å². The largest absolute Gasteiger partial charge is 0.387 e. The summed E-state index contributed by atoms with van der Waals surface area (Å²) in [5.41, 5.74) is 1.72. The Morgan fingerprint density at radius 2 is 1.89 bits per heavy atom. The molecule has 0 fully saturated rings. The molecule has 0 spiro atoms. The summed E-state index contributed by atoms with van der Waals surface area (Å²) in [5.74, 6) is -0.275. The second-order valence-corrected chi connectivity index (χ2v) is 5.16. The fourth-order valence-electron chi connectivity index (χ4n) is 1.80. The number of hydrogen-bond acceptors (Lipinski definition) is 2. The monoisotopic (exact) mass is 323 g/mol. The van der Waals surface area contributed by atoms with Gasteiger partial charge >= 0.3 is 0 Å². The molecule has 0 heterocycles. The highest BCUT2D eigenvalue weighted by atomic mass is 79.9. The van der Waals surface area contributed by atoms with Gasteiger partial charge in [-0.05, 0) is 39.2 Å². The van der Waals surface area contributed by atoms with Crippen molar-refractivity contribution in [3.8, 4) is 0 Å². The first-order valence-corrected chi connectivity index (χ1v) is 6.84. The van der Waals surface area contributed by atoms with Crippen molar-refractivity contribution in [3.63, 3.8) is 0 Å².